The molecule has 0 aromatic heterocycles. The highest BCUT2D eigenvalue weighted by Gasteiger charge is 2.16. The van der Waals surface area contributed by atoms with E-state index < -0.39 is 0 Å². The number of hydrogen-bond acceptors (Lipinski definition) is 2. The van der Waals surface area contributed by atoms with Crippen molar-refractivity contribution in [2.45, 2.75) is 33.4 Å². The van der Waals surface area contributed by atoms with Crippen LogP contribution < -0.4 is 0 Å². The molecule has 0 fully saturated rings. The van der Waals surface area contributed by atoms with Crippen molar-refractivity contribution < 1.29 is 4.79 Å². The largest absolute Gasteiger partial charge is 0.293 e. The molecule has 2 aromatic rings. The summed E-state index contributed by atoms with van der Waals surface area (Å²) in [4.78, 5) is 14.7. The fraction of sp³-hybridized carbons (Fsp3) is 0.316. The predicted molar refractivity (Wildman–Crippen MR) is 87.5 cm³/mol. The van der Waals surface area contributed by atoms with E-state index in [1.165, 1.54) is 5.56 Å². The summed E-state index contributed by atoms with van der Waals surface area (Å²) in [6.07, 6.45) is 0. The smallest absolute Gasteiger partial charge is 0.177 e. The van der Waals surface area contributed by atoms with Gasteiger partial charge in [0.15, 0.2) is 5.78 Å². The van der Waals surface area contributed by atoms with Gasteiger partial charge in [-0.2, -0.15) is 0 Å². The predicted octanol–water partition coefficient (Wildman–Crippen LogP) is 4.09. The van der Waals surface area contributed by atoms with Gasteiger partial charge < -0.3 is 0 Å². The maximum Gasteiger partial charge on any atom is 0.177 e. The van der Waals surface area contributed by atoms with Crippen molar-refractivity contribution >= 4 is 5.78 Å². The normalized spacial score (nSPS) is 11.1. The van der Waals surface area contributed by atoms with Gasteiger partial charge in [-0.05, 0) is 31.9 Å². The van der Waals surface area contributed by atoms with Crippen LogP contribution >= 0.6 is 0 Å². The highest BCUT2D eigenvalue weighted by Crippen LogP contribution is 2.12. The Hall–Kier alpha value is -1.93. The number of carbonyl (C=O) groups is 1. The van der Waals surface area contributed by atoms with Crippen LogP contribution in [0.2, 0.25) is 0 Å². The maximum absolute atomic E-state index is 12.5. The third-order valence-corrected chi connectivity index (χ3v) is 3.75. The standard InChI is InChI=1S/C19H23NO/c1-15(2)20(13-17-10-5-4-6-11-17)14-19(21)18-12-8-7-9-16(18)3/h4-12,15H,13-14H2,1-3H3. The van der Waals surface area contributed by atoms with Crippen LogP contribution in [0.4, 0.5) is 0 Å². The van der Waals surface area contributed by atoms with E-state index in [4.69, 9.17) is 0 Å². The molecular weight excluding hydrogens is 258 g/mol. The van der Waals surface area contributed by atoms with E-state index in [0.717, 1.165) is 17.7 Å². The monoisotopic (exact) mass is 281 g/mol. The van der Waals surface area contributed by atoms with Crippen LogP contribution in [-0.4, -0.2) is 23.3 Å². The number of nitrogens with zero attached hydrogens (tertiary/aromatic N) is 1. The van der Waals surface area contributed by atoms with Crippen molar-refractivity contribution in [3.05, 3.63) is 71.3 Å². The van der Waals surface area contributed by atoms with Crippen molar-refractivity contribution in [2.24, 2.45) is 0 Å². The summed E-state index contributed by atoms with van der Waals surface area (Å²) < 4.78 is 0. The van der Waals surface area contributed by atoms with Crippen LogP contribution in [-0.2, 0) is 6.54 Å². The Morgan fingerprint density at radius 1 is 1.00 bits per heavy atom. The molecule has 0 saturated carbocycles. The minimum Gasteiger partial charge on any atom is -0.293 e. The minimum atomic E-state index is 0.192. The van der Waals surface area contributed by atoms with E-state index in [1.807, 2.05) is 49.4 Å². The number of ketones is 1. The van der Waals surface area contributed by atoms with Crippen molar-refractivity contribution in [1.82, 2.24) is 4.90 Å². The molecule has 0 radical (unpaired) electrons. The van der Waals surface area contributed by atoms with Gasteiger partial charge in [-0.3, -0.25) is 9.69 Å². The number of hydrogen-bond donors (Lipinski definition) is 0. The van der Waals surface area contributed by atoms with Gasteiger partial charge in [0.05, 0.1) is 6.54 Å². The van der Waals surface area contributed by atoms with Crippen molar-refractivity contribution in [1.29, 1.82) is 0 Å². The van der Waals surface area contributed by atoms with Gasteiger partial charge in [-0.15, -0.1) is 0 Å². The Morgan fingerprint density at radius 3 is 2.24 bits per heavy atom. The molecule has 0 aliphatic rings. The molecule has 2 heteroatoms. The van der Waals surface area contributed by atoms with Crippen molar-refractivity contribution in [3.8, 4) is 0 Å². The molecule has 2 nitrogen and oxygen atoms in total. The molecule has 110 valence electrons. The first-order chi connectivity index (χ1) is 10.1. The molecule has 0 amide bonds. The molecule has 0 spiro atoms. The third-order valence-electron chi connectivity index (χ3n) is 3.75. The Labute approximate surface area is 127 Å². The molecular formula is C19H23NO. The lowest BCUT2D eigenvalue weighted by Gasteiger charge is -2.26. The molecule has 0 unspecified atom stereocenters. The molecule has 21 heavy (non-hydrogen) atoms. The number of Topliss-reactive ketones (excluding diaryl/α,β-unsaturated/α-hetero) is 1. The Kier molecular flexibility index (Phi) is 5.29. The average Bonchev–Trinajstić information content (AvgIpc) is 2.48. The van der Waals surface area contributed by atoms with E-state index in [2.05, 4.69) is 30.9 Å². The Bertz CT molecular complexity index is 590. The fourth-order valence-electron chi connectivity index (χ4n) is 2.39. The van der Waals surface area contributed by atoms with E-state index >= 15 is 0 Å². The summed E-state index contributed by atoms with van der Waals surface area (Å²) in [5.41, 5.74) is 3.12. The third kappa shape index (κ3) is 4.27. The molecule has 0 saturated heterocycles. The zero-order chi connectivity index (χ0) is 15.2. The van der Waals surface area contributed by atoms with E-state index in [9.17, 15) is 4.79 Å². The second kappa shape index (κ2) is 7.19. The lowest BCUT2D eigenvalue weighted by molar-refractivity contribution is 0.0897. The van der Waals surface area contributed by atoms with E-state index in [1.54, 1.807) is 0 Å². The van der Waals surface area contributed by atoms with Gasteiger partial charge in [0.2, 0.25) is 0 Å². The van der Waals surface area contributed by atoms with Crippen LogP contribution in [0.5, 0.6) is 0 Å². The summed E-state index contributed by atoms with van der Waals surface area (Å²) in [7, 11) is 0. The topological polar surface area (TPSA) is 20.3 Å². The molecule has 0 aliphatic heterocycles. The first-order valence-corrected chi connectivity index (χ1v) is 7.44. The SMILES string of the molecule is Cc1ccccc1C(=O)CN(Cc1ccccc1)C(C)C. The van der Waals surface area contributed by atoms with Crippen LogP contribution in [0.3, 0.4) is 0 Å². The molecule has 2 aromatic carbocycles. The highest BCUT2D eigenvalue weighted by atomic mass is 16.1. The van der Waals surface area contributed by atoms with Gasteiger partial charge in [-0.25, -0.2) is 0 Å². The van der Waals surface area contributed by atoms with Gasteiger partial charge in [-0.1, -0.05) is 54.6 Å². The Morgan fingerprint density at radius 2 is 1.62 bits per heavy atom. The highest BCUT2D eigenvalue weighted by molar-refractivity contribution is 5.98. The van der Waals surface area contributed by atoms with Crippen LogP contribution in [0.15, 0.2) is 54.6 Å². The summed E-state index contributed by atoms with van der Waals surface area (Å²) in [6, 6.07) is 18.4. The number of benzene rings is 2. The molecule has 0 atom stereocenters. The lowest BCUT2D eigenvalue weighted by atomic mass is 10.0. The number of rotatable bonds is 6. The van der Waals surface area contributed by atoms with Crippen molar-refractivity contribution in [3.63, 3.8) is 0 Å². The zero-order valence-electron chi connectivity index (χ0n) is 13.0. The zero-order valence-corrected chi connectivity index (χ0v) is 13.0. The summed E-state index contributed by atoms with van der Waals surface area (Å²) >= 11 is 0. The van der Waals surface area contributed by atoms with E-state index in [0.29, 0.717) is 12.6 Å². The molecule has 2 rings (SSSR count). The first kappa shape index (κ1) is 15.5. The van der Waals surface area contributed by atoms with Crippen molar-refractivity contribution in [2.75, 3.05) is 6.54 Å². The minimum absolute atomic E-state index is 0.192. The van der Waals surface area contributed by atoms with Gasteiger partial charge >= 0.3 is 0 Å². The number of carbonyl (C=O) groups excluding carboxylic acids is 1. The lowest BCUT2D eigenvalue weighted by Crippen LogP contribution is -2.35. The average molecular weight is 281 g/mol. The summed E-state index contributed by atoms with van der Waals surface area (Å²) in [6.45, 7) is 7.51. The quantitative estimate of drug-likeness (QED) is 0.743. The van der Waals surface area contributed by atoms with Crippen LogP contribution in [0.1, 0.15) is 35.3 Å². The van der Waals surface area contributed by atoms with E-state index in [-0.39, 0.29) is 5.78 Å². The Balaban J connectivity index is 2.10. The second-order valence-electron chi connectivity index (χ2n) is 5.72. The summed E-state index contributed by atoms with van der Waals surface area (Å²) in [5, 5.41) is 0. The second-order valence-corrected chi connectivity index (χ2v) is 5.72. The van der Waals surface area contributed by atoms with Gasteiger partial charge in [0.1, 0.15) is 0 Å². The fourth-order valence-corrected chi connectivity index (χ4v) is 2.39. The molecule has 0 aliphatic carbocycles. The van der Waals surface area contributed by atoms with Crippen LogP contribution in [0.25, 0.3) is 0 Å². The summed E-state index contributed by atoms with van der Waals surface area (Å²) in [5.74, 6) is 0.192. The van der Waals surface area contributed by atoms with Gasteiger partial charge in [0.25, 0.3) is 0 Å². The maximum atomic E-state index is 12.5. The molecule has 0 heterocycles. The molecule has 0 bridgehead atoms. The van der Waals surface area contributed by atoms with Gasteiger partial charge in [0, 0.05) is 18.2 Å². The first-order valence-electron chi connectivity index (χ1n) is 7.44. The number of aryl methyl sites for hydroxylation is 1. The van der Waals surface area contributed by atoms with Crippen LogP contribution in [0, 0.1) is 6.92 Å². The molecule has 0 N–H and O–H groups in total.